The molecule has 112 valence electrons. The first-order valence-electron chi connectivity index (χ1n) is 6.48. The van der Waals surface area contributed by atoms with Gasteiger partial charge in [0.05, 0.1) is 13.2 Å². The highest BCUT2D eigenvalue weighted by molar-refractivity contribution is 5.13. The Kier molecular flexibility index (Phi) is 5.47. The predicted octanol–water partition coefficient (Wildman–Crippen LogP) is -0.343. The minimum Gasteiger partial charge on any atom is -0.394 e. The maximum absolute atomic E-state index is 9.97. The Hall–Kier alpha value is -1.02. The van der Waals surface area contributed by atoms with Crippen LogP contribution in [-0.4, -0.2) is 59.7 Å². The van der Waals surface area contributed by atoms with Crippen molar-refractivity contribution in [3.8, 4) is 0 Å². The van der Waals surface area contributed by atoms with Crippen molar-refractivity contribution in [2.24, 2.45) is 0 Å². The third-order valence-electron chi connectivity index (χ3n) is 3.35. The average Bonchev–Trinajstić information content (AvgIpc) is 2.49. The average molecular weight is 284 g/mol. The molecule has 3 N–H and O–H groups in total. The maximum Gasteiger partial charge on any atom is 0.187 e. The highest BCUT2D eigenvalue weighted by atomic mass is 16.7. The van der Waals surface area contributed by atoms with E-state index in [1.54, 1.807) is 0 Å². The number of ether oxygens (including phenoxy) is 3. The molecule has 1 fully saturated rings. The molecule has 1 aliphatic heterocycles. The summed E-state index contributed by atoms with van der Waals surface area (Å²) in [4.78, 5) is 0. The summed E-state index contributed by atoms with van der Waals surface area (Å²) in [5, 5.41) is 29.2. The lowest BCUT2D eigenvalue weighted by Crippen LogP contribution is -2.59. The molecule has 1 aromatic carbocycles. The molecule has 0 aliphatic carbocycles. The monoisotopic (exact) mass is 284 g/mol. The summed E-state index contributed by atoms with van der Waals surface area (Å²) >= 11 is 0. The molecule has 0 bridgehead atoms. The van der Waals surface area contributed by atoms with Crippen LogP contribution in [0.25, 0.3) is 0 Å². The maximum atomic E-state index is 9.97. The lowest BCUT2D eigenvalue weighted by molar-refractivity contribution is -0.307. The zero-order chi connectivity index (χ0) is 14.5. The van der Waals surface area contributed by atoms with Gasteiger partial charge in [0.2, 0.25) is 0 Å². The fourth-order valence-electron chi connectivity index (χ4n) is 2.23. The lowest BCUT2D eigenvalue weighted by atomic mass is 9.99. The second-order valence-electron chi connectivity index (χ2n) is 4.70. The van der Waals surface area contributed by atoms with Crippen molar-refractivity contribution in [3.63, 3.8) is 0 Å². The van der Waals surface area contributed by atoms with E-state index in [4.69, 9.17) is 14.2 Å². The van der Waals surface area contributed by atoms with Gasteiger partial charge in [-0.05, 0) is 5.56 Å². The summed E-state index contributed by atoms with van der Waals surface area (Å²) in [6.07, 6.45) is -4.93. The van der Waals surface area contributed by atoms with Gasteiger partial charge in [0.1, 0.15) is 24.4 Å². The first kappa shape index (κ1) is 15.4. The smallest absolute Gasteiger partial charge is 0.187 e. The molecule has 0 radical (unpaired) electrons. The third kappa shape index (κ3) is 3.35. The molecule has 6 nitrogen and oxygen atoms in total. The van der Waals surface area contributed by atoms with E-state index in [1.807, 2.05) is 30.3 Å². The molecule has 0 saturated carbocycles. The van der Waals surface area contributed by atoms with E-state index in [-0.39, 0.29) is 13.2 Å². The standard InChI is InChI=1S/C14H20O6/c1-18-13-10(7-15)20-14(12(17)11(13)16)19-8-9-5-3-2-4-6-9/h2-6,10-17H,7-8H2,1H3/t10-,11-,12-,13-,14-/m1/s1. The van der Waals surface area contributed by atoms with E-state index in [2.05, 4.69) is 0 Å². The number of hydrogen-bond donors (Lipinski definition) is 3. The van der Waals surface area contributed by atoms with Gasteiger partial charge < -0.3 is 29.5 Å². The van der Waals surface area contributed by atoms with Crippen LogP contribution in [0.2, 0.25) is 0 Å². The molecule has 1 aliphatic rings. The summed E-state index contributed by atoms with van der Waals surface area (Å²) in [5.74, 6) is 0. The molecule has 2 rings (SSSR count). The zero-order valence-electron chi connectivity index (χ0n) is 11.3. The SMILES string of the molecule is CO[C@H]1[C@H](O)[C@@H](O)[C@H](OCc2ccccc2)O[C@@H]1CO. The molecule has 1 aromatic rings. The fraction of sp³-hybridized carbons (Fsp3) is 0.571. The van der Waals surface area contributed by atoms with E-state index in [9.17, 15) is 15.3 Å². The first-order valence-corrected chi connectivity index (χ1v) is 6.48. The van der Waals surface area contributed by atoms with Gasteiger partial charge in [-0.25, -0.2) is 0 Å². The van der Waals surface area contributed by atoms with Crippen LogP contribution in [0.4, 0.5) is 0 Å². The van der Waals surface area contributed by atoms with Crippen molar-refractivity contribution in [1.82, 2.24) is 0 Å². The van der Waals surface area contributed by atoms with E-state index in [0.29, 0.717) is 0 Å². The normalized spacial score (nSPS) is 34.1. The lowest BCUT2D eigenvalue weighted by Gasteiger charge is -2.41. The van der Waals surface area contributed by atoms with Crippen LogP contribution in [-0.2, 0) is 20.8 Å². The van der Waals surface area contributed by atoms with Crippen LogP contribution in [0.1, 0.15) is 5.56 Å². The van der Waals surface area contributed by atoms with Crippen LogP contribution in [0, 0.1) is 0 Å². The van der Waals surface area contributed by atoms with Crippen LogP contribution in [0.15, 0.2) is 30.3 Å². The van der Waals surface area contributed by atoms with Gasteiger partial charge in [0.15, 0.2) is 6.29 Å². The Morgan fingerprint density at radius 2 is 1.85 bits per heavy atom. The molecule has 1 heterocycles. The second kappa shape index (κ2) is 7.12. The van der Waals surface area contributed by atoms with Crippen molar-refractivity contribution >= 4 is 0 Å². The quantitative estimate of drug-likeness (QED) is 0.685. The Morgan fingerprint density at radius 3 is 2.45 bits per heavy atom. The summed E-state index contributed by atoms with van der Waals surface area (Å²) in [6, 6.07) is 9.41. The van der Waals surface area contributed by atoms with Gasteiger partial charge in [-0.15, -0.1) is 0 Å². The van der Waals surface area contributed by atoms with Gasteiger partial charge in [-0.1, -0.05) is 30.3 Å². The van der Waals surface area contributed by atoms with E-state index in [0.717, 1.165) is 5.56 Å². The van der Waals surface area contributed by atoms with Crippen molar-refractivity contribution < 1.29 is 29.5 Å². The van der Waals surface area contributed by atoms with E-state index >= 15 is 0 Å². The highest BCUT2D eigenvalue weighted by Gasteiger charge is 2.45. The molecule has 0 spiro atoms. The number of benzene rings is 1. The van der Waals surface area contributed by atoms with Gasteiger partial charge in [-0.2, -0.15) is 0 Å². The Labute approximate surface area is 117 Å². The molecular formula is C14H20O6. The molecule has 20 heavy (non-hydrogen) atoms. The fourth-order valence-corrected chi connectivity index (χ4v) is 2.23. The summed E-state index contributed by atoms with van der Waals surface area (Å²) < 4.78 is 16.0. The number of methoxy groups -OCH3 is 1. The van der Waals surface area contributed by atoms with Crippen molar-refractivity contribution in [2.45, 2.75) is 37.3 Å². The summed E-state index contributed by atoms with van der Waals surface area (Å²) in [7, 11) is 1.39. The van der Waals surface area contributed by atoms with Gasteiger partial charge in [0.25, 0.3) is 0 Å². The van der Waals surface area contributed by atoms with Gasteiger partial charge in [0, 0.05) is 7.11 Å². The van der Waals surface area contributed by atoms with E-state index < -0.39 is 30.7 Å². The first-order chi connectivity index (χ1) is 9.67. The van der Waals surface area contributed by atoms with Crippen LogP contribution >= 0.6 is 0 Å². The third-order valence-corrected chi connectivity index (χ3v) is 3.35. The summed E-state index contributed by atoms with van der Waals surface area (Å²) in [5.41, 5.74) is 0.923. The molecule has 5 atom stereocenters. The van der Waals surface area contributed by atoms with Gasteiger partial charge >= 0.3 is 0 Å². The molecule has 0 unspecified atom stereocenters. The van der Waals surface area contributed by atoms with Gasteiger partial charge in [-0.3, -0.25) is 0 Å². The topological polar surface area (TPSA) is 88.4 Å². The zero-order valence-corrected chi connectivity index (χ0v) is 11.3. The Bertz CT molecular complexity index is 396. The molecule has 0 amide bonds. The highest BCUT2D eigenvalue weighted by Crippen LogP contribution is 2.24. The molecule has 1 saturated heterocycles. The Morgan fingerprint density at radius 1 is 1.15 bits per heavy atom. The predicted molar refractivity (Wildman–Crippen MR) is 69.8 cm³/mol. The van der Waals surface area contributed by atoms with Crippen LogP contribution in [0.3, 0.4) is 0 Å². The number of rotatable bonds is 5. The summed E-state index contributed by atoms with van der Waals surface area (Å²) in [6.45, 7) is -0.0848. The van der Waals surface area contributed by atoms with Crippen molar-refractivity contribution in [1.29, 1.82) is 0 Å². The minimum absolute atomic E-state index is 0.241. The second-order valence-corrected chi connectivity index (χ2v) is 4.70. The van der Waals surface area contributed by atoms with Crippen molar-refractivity contribution in [3.05, 3.63) is 35.9 Å². The molecule has 0 aromatic heterocycles. The Balaban J connectivity index is 1.97. The van der Waals surface area contributed by atoms with E-state index in [1.165, 1.54) is 7.11 Å². The minimum atomic E-state index is -1.23. The number of aliphatic hydroxyl groups excluding tert-OH is 3. The van der Waals surface area contributed by atoms with Crippen LogP contribution < -0.4 is 0 Å². The number of aliphatic hydroxyl groups is 3. The molecular weight excluding hydrogens is 264 g/mol. The number of hydrogen-bond acceptors (Lipinski definition) is 6. The molecule has 6 heteroatoms. The van der Waals surface area contributed by atoms with Crippen LogP contribution in [0.5, 0.6) is 0 Å². The largest absolute Gasteiger partial charge is 0.394 e. The van der Waals surface area contributed by atoms with Crippen molar-refractivity contribution in [2.75, 3.05) is 13.7 Å².